The predicted octanol–water partition coefficient (Wildman–Crippen LogP) is 4.57. The molecule has 0 bridgehead atoms. The zero-order valence-electron chi connectivity index (χ0n) is 21.1. The molecule has 4 rings (SSSR count). The van der Waals surface area contributed by atoms with Crippen LogP contribution in [0, 0.1) is 5.92 Å². The lowest BCUT2D eigenvalue weighted by atomic mass is 9.80. The summed E-state index contributed by atoms with van der Waals surface area (Å²) in [4.78, 5) is 43.0. The van der Waals surface area contributed by atoms with Gasteiger partial charge in [0.2, 0.25) is 0 Å². The van der Waals surface area contributed by atoms with Crippen molar-refractivity contribution in [2.75, 3.05) is 43.1 Å². The number of hydrogen-bond donors (Lipinski definition) is 1. The number of nitrogens with zero attached hydrogens (tertiary/aromatic N) is 3. The first-order valence-corrected chi connectivity index (χ1v) is 12.1. The Kier molecular flexibility index (Phi) is 7.10. The van der Waals surface area contributed by atoms with Crippen molar-refractivity contribution in [2.45, 2.75) is 38.7 Å². The molecule has 3 amide bonds. The number of likely N-dealkylation sites (tertiary alicyclic amines) is 1. The first-order valence-electron chi connectivity index (χ1n) is 12.1. The van der Waals surface area contributed by atoms with E-state index in [2.05, 4.69) is 0 Å². The second-order valence-corrected chi connectivity index (χ2v) is 10.1. The number of rotatable bonds is 5. The van der Waals surface area contributed by atoms with Gasteiger partial charge in [-0.2, -0.15) is 0 Å². The van der Waals surface area contributed by atoms with Gasteiger partial charge < -0.3 is 19.5 Å². The molecule has 9 heteroatoms. The number of carboxylic acids is 1. The van der Waals surface area contributed by atoms with Crippen LogP contribution >= 0.6 is 0 Å². The number of aliphatic carboxylic acids is 1. The summed E-state index contributed by atoms with van der Waals surface area (Å²) in [6.07, 6.45) is -0.119. The number of ether oxygens (including phenoxy) is 2. The minimum atomic E-state index is -0.893. The van der Waals surface area contributed by atoms with Gasteiger partial charge in [-0.25, -0.2) is 9.59 Å². The Morgan fingerprint density at radius 1 is 0.972 bits per heavy atom. The highest BCUT2D eigenvalue weighted by atomic mass is 16.6. The smallest absolute Gasteiger partial charge is 0.410 e. The van der Waals surface area contributed by atoms with E-state index in [1.54, 1.807) is 42.6 Å². The number of hydrogen-bond acceptors (Lipinski definition) is 5. The highest BCUT2D eigenvalue weighted by Gasteiger charge is 2.39. The summed E-state index contributed by atoms with van der Waals surface area (Å²) in [5, 5.41) is 9.89. The fourth-order valence-electron chi connectivity index (χ4n) is 4.80. The molecule has 1 N–H and O–H groups in total. The Hall–Kier alpha value is -3.75. The van der Waals surface area contributed by atoms with Crippen molar-refractivity contribution in [3.8, 4) is 5.75 Å². The number of amides is 3. The van der Waals surface area contributed by atoms with E-state index >= 15 is 0 Å². The molecule has 192 valence electrons. The molecule has 2 aliphatic rings. The van der Waals surface area contributed by atoms with Gasteiger partial charge in [0.1, 0.15) is 11.4 Å². The van der Waals surface area contributed by atoms with Gasteiger partial charge in [0.15, 0.2) is 0 Å². The molecule has 0 aliphatic carbocycles. The van der Waals surface area contributed by atoms with Crippen molar-refractivity contribution in [3.63, 3.8) is 0 Å². The second-order valence-electron chi connectivity index (χ2n) is 10.1. The van der Waals surface area contributed by atoms with Gasteiger partial charge in [-0.1, -0.05) is 18.2 Å². The molecule has 2 saturated heterocycles. The Bertz CT molecular complexity index is 1140. The number of anilines is 2. The Morgan fingerprint density at radius 2 is 1.61 bits per heavy atom. The lowest BCUT2D eigenvalue weighted by Crippen LogP contribution is -2.46. The average molecular weight is 496 g/mol. The van der Waals surface area contributed by atoms with E-state index in [1.807, 2.05) is 48.5 Å². The molecule has 2 fully saturated rings. The lowest BCUT2D eigenvalue weighted by molar-refractivity contribution is -0.144. The SMILES string of the molecule is COc1cccc(N2CCN(c3cccc([C@@H]4CN(C(=O)OC(C)(C)C)CC[C@H]4C(=O)O)c3)C2=O)c1. The van der Waals surface area contributed by atoms with Crippen LogP contribution < -0.4 is 14.5 Å². The topological polar surface area (TPSA) is 99.6 Å². The summed E-state index contributed by atoms with van der Waals surface area (Å²) in [6, 6.07) is 14.6. The summed E-state index contributed by atoms with van der Waals surface area (Å²) >= 11 is 0. The van der Waals surface area contributed by atoms with Gasteiger partial charge in [-0.3, -0.25) is 14.6 Å². The molecule has 36 heavy (non-hydrogen) atoms. The maximum atomic E-state index is 13.3. The first kappa shape index (κ1) is 25.3. The van der Waals surface area contributed by atoms with E-state index < -0.39 is 29.5 Å². The van der Waals surface area contributed by atoms with Crippen molar-refractivity contribution >= 4 is 29.5 Å². The van der Waals surface area contributed by atoms with Crippen LogP contribution in [-0.4, -0.2) is 67.0 Å². The third-order valence-electron chi connectivity index (χ3n) is 6.57. The second kappa shape index (κ2) is 10.1. The lowest BCUT2D eigenvalue weighted by Gasteiger charge is -2.37. The van der Waals surface area contributed by atoms with Gasteiger partial charge in [-0.15, -0.1) is 0 Å². The molecule has 0 saturated carbocycles. The standard InChI is InChI=1S/C27H33N3O6/c1-27(2,3)36-26(34)28-12-11-22(24(31)32)23(17-28)18-7-5-8-19(15-18)29-13-14-30(25(29)33)20-9-6-10-21(16-20)35-4/h5-10,15-16,22-23H,11-14,17H2,1-4H3,(H,31,32)/t22-,23+/m1/s1. The Morgan fingerprint density at radius 3 is 2.22 bits per heavy atom. The molecule has 0 spiro atoms. The Balaban J connectivity index is 1.56. The van der Waals surface area contributed by atoms with E-state index in [1.165, 1.54) is 0 Å². The molecular weight excluding hydrogens is 462 g/mol. The summed E-state index contributed by atoms with van der Waals surface area (Å²) in [7, 11) is 1.59. The number of piperidine rings is 1. The summed E-state index contributed by atoms with van der Waals surface area (Å²) in [5.74, 6) is -1.28. The molecule has 9 nitrogen and oxygen atoms in total. The van der Waals surface area contributed by atoms with Gasteiger partial charge in [0.05, 0.1) is 13.0 Å². The molecule has 0 unspecified atom stereocenters. The number of carboxylic acid groups (broad SMARTS) is 1. The molecule has 0 radical (unpaired) electrons. The van der Waals surface area contributed by atoms with Gasteiger partial charge in [0.25, 0.3) is 0 Å². The Labute approximate surface area is 211 Å². The van der Waals surface area contributed by atoms with Crippen LogP contribution in [0.4, 0.5) is 21.0 Å². The zero-order chi connectivity index (χ0) is 26.0. The summed E-state index contributed by atoms with van der Waals surface area (Å²) in [6.45, 7) is 6.98. The summed E-state index contributed by atoms with van der Waals surface area (Å²) < 4.78 is 10.8. The first-order chi connectivity index (χ1) is 17.1. The van der Waals surface area contributed by atoms with Gasteiger partial charge in [0, 0.05) is 49.5 Å². The number of methoxy groups -OCH3 is 1. The summed E-state index contributed by atoms with van der Waals surface area (Å²) in [5.41, 5.74) is 1.59. The zero-order valence-corrected chi connectivity index (χ0v) is 21.1. The molecule has 2 heterocycles. The van der Waals surface area contributed by atoms with E-state index in [4.69, 9.17) is 9.47 Å². The molecule has 0 aromatic heterocycles. The molecule has 2 aromatic rings. The molecule has 2 aromatic carbocycles. The highest BCUT2D eigenvalue weighted by Crippen LogP contribution is 2.36. The minimum Gasteiger partial charge on any atom is -0.497 e. The van der Waals surface area contributed by atoms with Crippen LogP contribution in [0.15, 0.2) is 48.5 Å². The number of urea groups is 1. The van der Waals surface area contributed by atoms with E-state index in [0.29, 0.717) is 37.5 Å². The average Bonchev–Trinajstić information content (AvgIpc) is 3.24. The predicted molar refractivity (Wildman–Crippen MR) is 136 cm³/mol. The molecule has 2 atom stereocenters. The van der Waals surface area contributed by atoms with Crippen molar-refractivity contribution in [1.82, 2.24) is 4.90 Å². The van der Waals surface area contributed by atoms with E-state index in [0.717, 1.165) is 11.3 Å². The molecular formula is C27H33N3O6. The number of carbonyl (C=O) groups is 3. The van der Waals surface area contributed by atoms with Crippen LogP contribution in [-0.2, 0) is 9.53 Å². The van der Waals surface area contributed by atoms with Crippen LogP contribution in [0.25, 0.3) is 0 Å². The van der Waals surface area contributed by atoms with E-state index in [-0.39, 0.29) is 12.6 Å². The normalized spacial score (nSPS) is 20.4. The molecule has 2 aliphatic heterocycles. The van der Waals surface area contributed by atoms with Crippen molar-refractivity contribution < 1.29 is 29.0 Å². The van der Waals surface area contributed by atoms with Crippen LogP contribution in [0.2, 0.25) is 0 Å². The maximum Gasteiger partial charge on any atom is 0.410 e. The number of benzene rings is 2. The van der Waals surface area contributed by atoms with Crippen molar-refractivity contribution in [2.24, 2.45) is 5.92 Å². The highest BCUT2D eigenvalue weighted by molar-refractivity contribution is 6.06. The fourth-order valence-corrected chi connectivity index (χ4v) is 4.80. The van der Waals surface area contributed by atoms with Crippen LogP contribution in [0.3, 0.4) is 0 Å². The fraction of sp³-hybridized carbons (Fsp3) is 0.444. The quantitative estimate of drug-likeness (QED) is 0.653. The monoisotopic (exact) mass is 495 g/mol. The maximum absolute atomic E-state index is 13.3. The third-order valence-corrected chi connectivity index (χ3v) is 6.57. The largest absolute Gasteiger partial charge is 0.497 e. The van der Waals surface area contributed by atoms with Crippen molar-refractivity contribution in [3.05, 3.63) is 54.1 Å². The van der Waals surface area contributed by atoms with E-state index in [9.17, 15) is 19.5 Å². The van der Waals surface area contributed by atoms with Gasteiger partial charge in [-0.05, 0) is 57.0 Å². The third kappa shape index (κ3) is 5.40. The van der Waals surface area contributed by atoms with Crippen LogP contribution in [0.5, 0.6) is 5.75 Å². The van der Waals surface area contributed by atoms with Gasteiger partial charge >= 0.3 is 18.1 Å². The van der Waals surface area contributed by atoms with Crippen LogP contribution in [0.1, 0.15) is 38.7 Å². The van der Waals surface area contributed by atoms with Crippen molar-refractivity contribution in [1.29, 1.82) is 0 Å². The minimum absolute atomic E-state index is 0.158. The number of carbonyl (C=O) groups excluding carboxylic acids is 2.